The first-order valence-corrected chi connectivity index (χ1v) is 11.8. The van der Waals surface area contributed by atoms with Crippen LogP contribution in [0.5, 0.6) is 17.2 Å². The first-order valence-electron chi connectivity index (χ1n) is 11.8. The number of unbranched alkanes of at least 4 members (excludes halogenated alkanes) is 3. The van der Waals surface area contributed by atoms with Crippen molar-refractivity contribution >= 4 is 18.4 Å². The minimum atomic E-state index is -0.333. The predicted molar refractivity (Wildman–Crippen MR) is 139 cm³/mol. The van der Waals surface area contributed by atoms with Crippen molar-refractivity contribution in [1.82, 2.24) is 4.90 Å². The van der Waals surface area contributed by atoms with Crippen molar-refractivity contribution in [3.63, 3.8) is 0 Å². The van der Waals surface area contributed by atoms with E-state index in [1.807, 2.05) is 12.1 Å². The van der Waals surface area contributed by atoms with Crippen LogP contribution in [-0.4, -0.2) is 57.9 Å². The van der Waals surface area contributed by atoms with Gasteiger partial charge in [-0.2, -0.15) is 0 Å². The van der Waals surface area contributed by atoms with Gasteiger partial charge in [0.2, 0.25) is 0 Å². The summed E-state index contributed by atoms with van der Waals surface area (Å²) in [6.45, 7) is 7.07. The highest BCUT2D eigenvalue weighted by Gasteiger charge is 2.13. The number of ether oxygens (including phenoxy) is 4. The molecule has 0 aliphatic carbocycles. The van der Waals surface area contributed by atoms with E-state index in [0.717, 1.165) is 50.9 Å². The van der Waals surface area contributed by atoms with Gasteiger partial charge in [0.25, 0.3) is 0 Å². The van der Waals surface area contributed by atoms with Crippen LogP contribution in [0.4, 0.5) is 0 Å². The molecular weight excluding hydrogens is 454 g/mol. The van der Waals surface area contributed by atoms with Crippen molar-refractivity contribution in [2.24, 2.45) is 0 Å². The second-order valence-corrected chi connectivity index (χ2v) is 8.15. The van der Waals surface area contributed by atoms with Crippen molar-refractivity contribution in [3.05, 3.63) is 53.6 Å². The molecule has 0 saturated heterocycles. The van der Waals surface area contributed by atoms with Gasteiger partial charge in [-0.15, -0.1) is 12.4 Å². The van der Waals surface area contributed by atoms with E-state index in [2.05, 4.69) is 30.9 Å². The fraction of sp³-hybridized carbons (Fsp3) is 0.519. The van der Waals surface area contributed by atoms with Gasteiger partial charge in [0.15, 0.2) is 11.5 Å². The molecule has 0 bridgehead atoms. The van der Waals surface area contributed by atoms with Gasteiger partial charge < -0.3 is 23.8 Å². The average Bonchev–Trinajstić information content (AvgIpc) is 2.85. The number of carbonyl (C=O) groups is 1. The highest BCUT2D eigenvalue weighted by Crippen LogP contribution is 2.27. The number of hydrogen-bond acceptors (Lipinski definition) is 6. The van der Waals surface area contributed by atoms with E-state index in [1.165, 1.54) is 5.56 Å². The lowest BCUT2D eigenvalue weighted by Crippen LogP contribution is -2.35. The molecule has 1 atom stereocenters. The molecule has 2 aromatic carbocycles. The lowest BCUT2D eigenvalue weighted by atomic mass is 10.1. The Hall–Kier alpha value is -2.44. The molecule has 0 radical (unpaired) electrons. The zero-order valence-corrected chi connectivity index (χ0v) is 22.0. The van der Waals surface area contributed by atoms with E-state index in [1.54, 1.807) is 39.5 Å². The van der Waals surface area contributed by atoms with E-state index in [-0.39, 0.29) is 18.4 Å². The van der Waals surface area contributed by atoms with Gasteiger partial charge in [0, 0.05) is 6.04 Å². The smallest absolute Gasteiger partial charge is 0.338 e. The number of esters is 1. The fourth-order valence-corrected chi connectivity index (χ4v) is 3.90. The predicted octanol–water partition coefficient (Wildman–Crippen LogP) is 5.80. The summed E-state index contributed by atoms with van der Waals surface area (Å²) in [5.41, 5.74) is 1.80. The first kappa shape index (κ1) is 29.6. The van der Waals surface area contributed by atoms with E-state index in [9.17, 15) is 4.79 Å². The summed E-state index contributed by atoms with van der Waals surface area (Å²) in [4.78, 5) is 14.8. The van der Waals surface area contributed by atoms with Gasteiger partial charge in [-0.05, 0) is 75.2 Å². The Morgan fingerprint density at radius 3 is 2.18 bits per heavy atom. The van der Waals surface area contributed by atoms with Gasteiger partial charge >= 0.3 is 5.97 Å². The van der Waals surface area contributed by atoms with Crippen LogP contribution in [0.1, 0.15) is 55.5 Å². The molecule has 6 nitrogen and oxygen atoms in total. The van der Waals surface area contributed by atoms with Gasteiger partial charge in [-0.3, -0.25) is 0 Å². The summed E-state index contributed by atoms with van der Waals surface area (Å²) in [5.74, 6) is 1.68. The maximum atomic E-state index is 12.3. The molecule has 0 heterocycles. The van der Waals surface area contributed by atoms with Crippen molar-refractivity contribution < 1.29 is 23.7 Å². The number of halogens is 1. The molecule has 2 rings (SSSR count). The van der Waals surface area contributed by atoms with Gasteiger partial charge in [0.05, 0.1) is 33.5 Å². The SMILES string of the molecule is CCN(CCCCCCOC(=O)c1ccc(OC)c(OC)c1)C(C)Cc1ccc(OC)cc1.Cl. The Balaban J connectivity index is 0.00000578. The number of carbonyl (C=O) groups excluding carboxylic acids is 1. The molecule has 0 amide bonds. The summed E-state index contributed by atoms with van der Waals surface area (Å²) in [7, 11) is 4.81. The Morgan fingerprint density at radius 2 is 1.56 bits per heavy atom. The van der Waals surface area contributed by atoms with Crippen LogP contribution < -0.4 is 14.2 Å². The molecule has 7 heteroatoms. The molecular formula is C27H40ClNO5. The normalized spacial score (nSPS) is 11.5. The van der Waals surface area contributed by atoms with Crippen LogP contribution in [0.25, 0.3) is 0 Å². The topological polar surface area (TPSA) is 57.2 Å². The van der Waals surface area contributed by atoms with Crippen molar-refractivity contribution in [1.29, 1.82) is 0 Å². The van der Waals surface area contributed by atoms with Gasteiger partial charge in [-0.1, -0.05) is 31.9 Å². The zero-order chi connectivity index (χ0) is 24.1. The third-order valence-corrected chi connectivity index (χ3v) is 5.91. The lowest BCUT2D eigenvalue weighted by Gasteiger charge is -2.28. The Kier molecular flexibility index (Phi) is 14.1. The molecule has 0 saturated carbocycles. The average molecular weight is 494 g/mol. The zero-order valence-electron chi connectivity index (χ0n) is 21.2. The summed E-state index contributed by atoms with van der Waals surface area (Å²) >= 11 is 0. The lowest BCUT2D eigenvalue weighted by molar-refractivity contribution is 0.0497. The number of rotatable bonds is 15. The number of hydrogen-bond donors (Lipinski definition) is 0. The maximum Gasteiger partial charge on any atom is 0.338 e. The van der Waals surface area contributed by atoms with E-state index < -0.39 is 0 Å². The molecule has 0 N–H and O–H groups in total. The molecule has 0 aliphatic rings. The summed E-state index contributed by atoms with van der Waals surface area (Å²) in [6, 6.07) is 13.9. The summed E-state index contributed by atoms with van der Waals surface area (Å²) in [6.07, 6.45) is 5.21. The van der Waals surface area contributed by atoms with Crippen LogP contribution in [0, 0.1) is 0 Å². The fourth-order valence-electron chi connectivity index (χ4n) is 3.90. The monoisotopic (exact) mass is 493 g/mol. The summed E-state index contributed by atoms with van der Waals surface area (Å²) < 4.78 is 21.1. The quantitative estimate of drug-likeness (QED) is 0.231. The van der Waals surface area contributed by atoms with Crippen molar-refractivity contribution in [2.75, 3.05) is 41.0 Å². The molecule has 34 heavy (non-hydrogen) atoms. The first-order chi connectivity index (χ1) is 16.0. The molecule has 0 fully saturated rings. The third-order valence-electron chi connectivity index (χ3n) is 5.91. The highest BCUT2D eigenvalue weighted by molar-refractivity contribution is 5.90. The maximum absolute atomic E-state index is 12.3. The van der Waals surface area contributed by atoms with Crippen molar-refractivity contribution in [2.45, 2.75) is 52.0 Å². The molecule has 0 aliphatic heterocycles. The standard InChI is InChI=1S/C27H39NO5.ClH/c1-6-28(21(2)19-22-11-14-24(30-3)15-12-22)17-9-7-8-10-18-33-27(29)23-13-16-25(31-4)26(20-23)32-5;/h11-16,20-21H,6-10,17-19H2,1-5H3;1H. The van der Waals surface area contributed by atoms with Gasteiger partial charge in [-0.25, -0.2) is 4.79 Å². The third kappa shape index (κ3) is 9.43. The number of likely N-dealkylation sites (N-methyl/N-ethyl adjacent to an activating group) is 1. The van der Waals surface area contributed by atoms with E-state index >= 15 is 0 Å². The minimum Gasteiger partial charge on any atom is -0.497 e. The van der Waals surface area contributed by atoms with Gasteiger partial charge in [0.1, 0.15) is 5.75 Å². The second-order valence-electron chi connectivity index (χ2n) is 8.15. The van der Waals surface area contributed by atoms with Crippen LogP contribution in [0.3, 0.4) is 0 Å². The minimum absolute atomic E-state index is 0. The molecule has 0 aromatic heterocycles. The van der Waals surface area contributed by atoms with Crippen LogP contribution in [0.15, 0.2) is 42.5 Å². The molecule has 1 unspecified atom stereocenters. The van der Waals surface area contributed by atoms with Crippen LogP contribution in [-0.2, 0) is 11.2 Å². The van der Waals surface area contributed by atoms with Crippen molar-refractivity contribution in [3.8, 4) is 17.2 Å². The van der Waals surface area contributed by atoms with E-state index in [0.29, 0.717) is 29.7 Å². The van der Waals surface area contributed by atoms with Crippen LogP contribution >= 0.6 is 12.4 Å². The molecule has 190 valence electrons. The molecule has 0 spiro atoms. The highest BCUT2D eigenvalue weighted by atomic mass is 35.5. The summed E-state index contributed by atoms with van der Waals surface area (Å²) in [5, 5.41) is 0. The number of benzene rings is 2. The largest absolute Gasteiger partial charge is 0.497 e. The molecule has 2 aromatic rings. The Bertz CT molecular complexity index is 843. The second kappa shape index (κ2) is 16.2. The van der Waals surface area contributed by atoms with Crippen LogP contribution in [0.2, 0.25) is 0 Å². The van der Waals surface area contributed by atoms with E-state index in [4.69, 9.17) is 18.9 Å². The Morgan fingerprint density at radius 1 is 0.882 bits per heavy atom. The Labute approximate surface area is 210 Å². The number of methoxy groups -OCH3 is 3. The number of nitrogens with zero attached hydrogens (tertiary/aromatic N) is 1.